The first-order valence-corrected chi connectivity index (χ1v) is 8.72. The number of nitrogens with one attached hydrogen (secondary N) is 2. The van der Waals surface area contributed by atoms with E-state index >= 15 is 0 Å². The van der Waals surface area contributed by atoms with E-state index < -0.39 is 0 Å². The van der Waals surface area contributed by atoms with Crippen LogP contribution in [0.3, 0.4) is 0 Å². The van der Waals surface area contributed by atoms with Crippen LogP contribution in [0.2, 0.25) is 5.28 Å². The van der Waals surface area contributed by atoms with E-state index in [1.807, 2.05) is 18.7 Å². The van der Waals surface area contributed by atoms with E-state index in [4.69, 9.17) is 11.6 Å². The number of anilines is 2. The van der Waals surface area contributed by atoms with Gasteiger partial charge in [-0.2, -0.15) is 26.7 Å². The van der Waals surface area contributed by atoms with Crippen LogP contribution in [0.15, 0.2) is 0 Å². The highest BCUT2D eigenvalue weighted by molar-refractivity contribution is 8.00. The molecule has 1 aromatic rings. The normalized spacial score (nSPS) is 17.8. The van der Waals surface area contributed by atoms with Gasteiger partial charge in [0.2, 0.25) is 17.2 Å². The van der Waals surface area contributed by atoms with E-state index in [0.29, 0.717) is 16.6 Å². The summed E-state index contributed by atoms with van der Waals surface area (Å²) in [4.78, 5) is 12.5. The molecular formula is C13H22ClN5S. The zero-order valence-corrected chi connectivity index (χ0v) is 13.7. The van der Waals surface area contributed by atoms with Crippen LogP contribution in [0, 0.1) is 0 Å². The molecule has 0 aliphatic heterocycles. The number of hydrogen-bond donors (Lipinski definition) is 2. The topological polar surface area (TPSA) is 62.7 Å². The predicted molar refractivity (Wildman–Crippen MR) is 86.8 cm³/mol. The fourth-order valence-corrected chi connectivity index (χ4v) is 3.63. The molecule has 112 valence electrons. The Labute approximate surface area is 129 Å². The number of hydrogen-bond acceptors (Lipinski definition) is 6. The summed E-state index contributed by atoms with van der Waals surface area (Å²) >= 11 is 7.88. The van der Waals surface area contributed by atoms with Gasteiger partial charge in [0, 0.05) is 17.8 Å². The van der Waals surface area contributed by atoms with Crippen molar-refractivity contribution in [3.05, 3.63) is 5.28 Å². The molecule has 1 heterocycles. The number of aromatic nitrogens is 3. The summed E-state index contributed by atoms with van der Waals surface area (Å²) in [6, 6.07) is 0. The number of nitrogens with zero attached hydrogens (tertiary/aromatic N) is 3. The maximum Gasteiger partial charge on any atom is 0.228 e. The molecule has 0 amide bonds. The van der Waals surface area contributed by atoms with Crippen molar-refractivity contribution in [3.8, 4) is 0 Å². The van der Waals surface area contributed by atoms with Crippen molar-refractivity contribution >= 4 is 35.3 Å². The number of halogens is 1. The molecule has 1 aliphatic rings. The zero-order chi connectivity index (χ0) is 14.4. The minimum atomic E-state index is 0.222. The third kappa shape index (κ3) is 4.12. The number of rotatable bonds is 6. The Morgan fingerprint density at radius 3 is 2.35 bits per heavy atom. The van der Waals surface area contributed by atoms with Crippen LogP contribution in [-0.2, 0) is 0 Å². The Hall–Kier alpha value is -0.750. The van der Waals surface area contributed by atoms with Crippen molar-refractivity contribution in [2.24, 2.45) is 0 Å². The van der Waals surface area contributed by atoms with Crippen molar-refractivity contribution in [1.82, 2.24) is 15.0 Å². The molecule has 2 rings (SSSR count). The van der Waals surface area contributed by atoms with E-state index in [1.165, 1.54) is 32.1 Å². The molecule has 0 saturated heterocycles. The Kier molecular flexibility index (Phi) is 5.72. The second-order valence-electron chi connectivity index (χ2n) is 5.08. The van der Waals surface area contributed by atoms with Gasteiger partial charge in [0.25, 0.3) is 0 Å². The molecule has 1 saturated carbocycles. The zero-order valence-electron chi connectivity index (χ0n) is 12.1. The summed E-state index contributed by atoms with van der Waals surface area (Å²) in [5, 5.41) is 6.62. The second kappa shape index (κ2) is 7.31. The molecule has 0 unspecified atom stereocenters. The summed E-state index contributed by atoms with van der Waals surface area (Å²) in [7, 11) is 0. The largest absolute Gasteiger partial charge is 0.354 e. The molecule has 0 spiro atoms. The van der Waals surface area contributed by atoms with Crippen molar-refractivity contribution in [2.45, 2.75) is 43.8 Å². The Balaban J connectivity index is 2.02. The average Bonchev–Trinajstić information content (AvgIpc) is 2.46. The predicted octanol–water partition coefficient (Wildman–Crippen LogP) is 3.43. The summed E-state index contributed by atoms with van der Waals surface area (Å²) in [6.45, 7) is 3.63. The van der Waals surface area contributed by atoms with Crippen molar-refractivity contribution in [2.75, 3.05) is 30.0 Å². The third-order valence-corrected chi connectivity index (χ3v) is 5.30. The van der Waals surface area contributed by atoms with E-state index in [-0.39, 0.29) is 5.28 Å². The smallest absolute Gasteiger partial charge is 0.228 e. The molecule has 0 aromatic carbocycles. The van der Waals surface area contributed by atoms with Gasteiger partial charge in [-0.25, -0.2) is 0 Å². The van der Waals surface area contributed by atoms with Crippen LogP contribution in [0.25, 0.3) is 0 Å². The monoisotopic (exact) mass is 315 g/mol. The first-order chi connectivity index (χ1) is 9.67. The van der Waals surface area contributed by atoms with Crippen LogP contribution < -0.4 is 10.6 Å². The Morgan fingerprint density at radius 2 is 1.75 bits per heavy atom. The van der Waals surface area contributed by atoms with Gasteiger partial charge in [0.1, 0.15) is 0 Å². The second-order valence-corrected chi connectivity index (χ2v) is 6.70. The summed E-state index contributed by atoms with van der Waals surface area (Å²) in [5.74, 6) is 1.08. The van der Waals surface area contributed by atoms with Gasteiger partial charge in [-0.05, 0) is 37.6 Å². The van der Waals surface area contributed by atoms with Crippen molar-refractivity contribution in [3.63, 3.8) is 0 Å². The lowest BCUT2D eigenvalue weighted by atomic mass is 9.88. The van der Waals surface area contributed by atoms with Crippen LogP contribution in [0.1, 0.15) is 39.0 Å². The molecule has 0 radical (unpaired) electrons. The maximum absolute atomic E-state index is 5.93. The molecule has 7 heteroatoms. The maximum atomic E-state index is 5.93. The van der Waals surface area contributed by atoms with Gasteiger partial charge < -0.3 is 10.6 Å². The average molecular weight is 316 g/mol. The van der Waals surface area contributed by atoms with Gasteiger partial charge in [-0.15, -0.1) is 0 Å². The minimum absolute atomic E-state index is 0.222. The molecule has 1 fully saturated rings. The van der Waals surface area contributed by atoms with E-state index in [1.54, 1.807) is 0 Å². The summed E-state index contributed by atoms with van der Waals surface area (Å²) in [6.07, 6.45) is 8.66. The fraction of sp³-hybridized carbons (Fsp3) is 0.769. The summed E-state index contributed by atoms with van der Waals surface area (Å²) in [5.41, 5.74) is 0. The lowest BCUT2D eigenvalue weighted by molar-refractivity contribution is 0.411. The molecule has 1 aromatic heterocycles. The lowest BCUT2D eigenvalue weighted by Crippen LogP contribution is -2.36. The Bertz CT molecular complexity index is 437. The van der Waals surface area contributed by atoms with Crippen LogP contribution in [0.4, 0.5) is 11.9 Å². The van der Waals surface area contributed by atoms with Crippen molar-refractivity contribution in [1.29, 1.82) is 0 Å². The molecule has 20 heavy (non-hydrogen) atoms. The van der Waals surface area contributed by atoms with Gasteiger partial charge >= 0.3 is 0 Å². The van der Waals surface area contributed by atoms with Gasteiger partial charge in [0.05, 0.1) is 0 Å². The van der Waals surface area contributed by atoms with Crippen molar-refractivity contribution < 1.29 is 0 Å². The first kappa shape index (κ1) is 15.6. The van der Waals surface area contributed by atoms with E-state index in [2.05, 4.69) is 31.8 Å². The molecule has 1 aliphatic carbocycles. The van der Waals surface area contributed by atoms with E-state index in [0.717, 1.165) is 13.1 Å². The Morgan fingerprint density at radius 1 is 1.10 bits per heavy atom. The molecule has 0 atom stereocenters. The van der Waals surface area contributed by atoms with Crippen LogP contribution >= 0.6 is 23.4 Å². The van der Waals surface area contributed by atoms with Gasteiger partial charge in [0.15, 0.2) is 0 Å². The third-order valence-electron chi connectivity index (χ3n) is 3.71. The first-order valence-electron chi connectivity index (χ1n) is 7.12. The molecule has 5 nitrogen and oxygen atoms in total. The molecular weight excluding hydrogens is 294 g/mol. The fourth-order valence-electron chi connectivity index (χ4n) is 2.56. The standard InChI is InChI=1S/C13H22ClN5S/c1-3-15-11-17-10(14)18-12(19-11)16-9-13(20-2)7-5-4-6-8-13/h3-9H2,1-2H3,(H2,15,16,17,18,19). The van der Waals surface area contributed by atoms with Crippen LogP contribution in [-0.4, -0.2) is 39.0 Å². The SMILES string of the molecule is CCNc1nc(Cl)nc(NCC2(SC)CCCCC2)n1. The highest BCUT2D eigenvalue weighted by atomic mass is 35.5. The lowest BCUT2D eigenvalue weighted by Gasteiger charge is -2.35. The number of thioether (sulfide) groups is 1. The summed E-state index contributed by atoms with van der Waals surface area (Å²) < 4.78 is 0.301. The molecule has 2 N–H and O–H groups in total. The quantitative estimate of drug-likeness (QED) is 0.838. The highest BCUT2D eigenvalue weighted by Crippen LogP contribution is 2.38. The van der Waals surface area contributed by atoms with Gasteiger partial charge in [-0.1, -0.05) is 19.3 Å². The van der Waals surface area contributed by atoms with Crippen LogP contribution in [0.5, 0.6) is 0 Å². The van der Waals surface area contributed by atoms with Gasteiger partial charge in [-0.3, -0.25) is 0 Å². The molecule has 0 bridgehead atoms. The highest BCUT2D eigenvalue weighted by Gasteiger charge is 2.31. The van der Waals surface area contributed by atoms with E-state index in [9.17, 15) is 0 Å². The minimum Gasteiger partial charge on any atom is -0.354 e.